The molecule has 4 fully saturated rings. The van der Waals surface area contributed by atoms with Gasteiger partial charge in [0.1, 0.15) is 6.33 Å². The molecule has 2 atom stereocenters. The van der Waals surface area contributed by atoms with Gasteiger partial charge >= 0.3 is 0 Å². The van der Waals surface area contributed by atoms with E-state index in [1.54, 1.807) is 0 Å². The molecule has 2 aromatic heterocycles. The SMILES string of the molecule is Brc1ncn(C23CC4CC(CC(c5nnc(-c6ccccc6)o5)(C4)C2)C3)n1. The number of hydrogen-bond donors (Lipinski definition) is 0. The maximum Gasteiger partial charge on any atom is 0.247 e. The largest absolute Gasteiger partial charge is 0.420 e. The lowest BCUT2D eigenvalue weighted by Gasteiger charge is -2.60. The summed E-state index contributed by atoms with van der Waals surface area (Å²) in [4.78, 5) is 4.33. The first-order valence-electron chi connectivity index (χ1n) is 9.61. The second kappa shape index (κ2) is 5.50. The highest BCUT2D eigenvalue weighted by molar-refractivity contribution is 9.10. The van der Waals surface area contributed by atoms with E-state index in [0.717, 1.165) is 30.7 Å². The van der Waals surface area contributed by atoms with Crippen molar-refractivity contribution in [3.63, 3.8) is 0 Å². The van der Waals surface area contributed by atoms with Crippen LogP contribution < -0.4 is 0 Å². The van der Waals surface area contributed by atoms with Crippen molar-refractivity contribution in [3.05, 3.63) is 47.3 Å². The lowest BCUT2D eigenvalue weighted by Crippen LogP contribution is -2.58. The Balaban J connectivity index is 1.41. The van der Waals surface area contributed by atoms with Crippen LogP contribution in [0.25, 0.3) is 11.5 Å². The predicted molar refractivity (Wildman–Crippen MR) is 102 cm³/mol. The molecule has 7 heteroatoms. The van der Waals surface area contributed by atoms with Gasteiger partial charge < -0.3 is 4.42 Å². The van der Waals surface area contributed by atoms with Gasteiger partial charge in [-0.25, -0.2) is 9.67 Å². The first-order valence-corrected chi connectivity index (χ1v) is 10.4. The number of halogens is 1. The molecule has 3 aromatic rings. The Bertz CT molecular complexity index is 983. The summed E-state index contributed by atoms with van der Waals surface area (Å²) in [7, 11) is 0. The van der Waals surface area contributed by atoms with E-state index in [1.807, 2.05) is 36.7 Å². The molecule has 0 aliphatic heterocycles. The molecule has 0 amide bonds. The van der Waals surface area contributed by atoms with E-state index in [9.17, 15) is 0 Å². The normalized spacial score (nSPS) is 34.3. The van der Waals surface area contributed by atoms with Crippen LogP contribution in [0.2, 0.25) is 0 Å². The third kappa shape index (κ3) is 2.37. The van der Waals surface area contributed by atoms with Crippen molar-refractivity contribution in [3.8, 4) is 11.5 Å². The molecule has 0 radical (unpaired) electrons. The number of benzene rings is 1. The summed E-state index contributed by atoms with van der Waals surface area (Å²) >= 11 is 3.42. The number of hydrogen-bond acceptors (Lipinski definition) is 5. The molecule has 1 aromatic carbocycles. The lowest BCUT2D eigenvalue weighted by atomic mass is 9.47. The van der Waals surface area contributed by atoms with E-state index < -0.39 is 0 Å². The van der Waals surface area contributed by atoms with E-state index in [-0.39, 0.29) is 11.0 Å². The third-order valence-electron chi connectivity index (χ3n) is 6.88. The van der Waals surface area contributed by atoms with E-state index in [2.05, 4.69) is 40.9 Å². The molecule has 4 bridgehead atoms. The van der Waals surface area contributed by atoms with Crippen molar-refractivity contribution >= 4 is 15.9 Å². The quantitative estimate of drug-likeness (QED) is 0.623. The zero-order chi connectivity index (χ0) is 18.1. The Hall–Kier alpha value is -2.02. The van der Waals surface area contributed by atoms with Gasteiger partial charge in [-0.05, 0) is 78.4 Å². The second-order valence-electron chi connectivity index (χ2n) is 8.70. The summed E-state index contributed by atoms with van der Waals surface area (Å²) in [6.45, 7) is 0. The van der Waals surface area contributed by atoms with Crippen LogP contribution in [-0.2, 0) is 11.0 Å². The zero-order valence-corrected chi connectivity index (χ0v) is 16.5. The Morgan fingerprint density at radius 1 is 1.04 bits per heavy atom. The molecule has 7 rings (SSSR count). The average molecular weight is 426 g/mol. The standard InChI is InChI=1S/C20H20BrN5O/c21-18-22-12-26(25-18)20-9-13-6-14(10-20)8-19(7-13,11-20)17-24-23-16(27-17)15-4-2-1-3-5-15/h1-5,12-14H,6-11H2. The Labute approximate surface area is 165 Å². The van der Waals surface area contributed by atoms with Crippen molar-refractivity contribution in [2.45, 2.75) is 49.5 Å². The first-order chi connectivity index (χ1) is 13.1. The fourth-order valence-electron chi connectivity index (χ4n) is 6.34. The molecule has 2 heterocycles. The molecular formula is C20H20BrN5O. The highest BCUT2D eigenvalue weighted by Gasteiger charge is 2.61. The minimum absolute atomic E-state index is 0.0253. The van der Waals surface area contributed by atoms with Crippen LogP contribution in [-0.4, -0.2) is 25.0 Å². The van der Waals surface area contributed by atoms with Crippen LogP contribution in [0.15, 0.2) is 45.8 Å². The smallest absolute Gasteiger partial charge is 0.247 e. The van der Waals surface area contributed by atoms with Gasteiger partial charge in [-0.2, -0.15) is 0 Å². The molecule has 27 heavy (non-hydrogen) atoms. The van der Waals surface area contributed by atoms with Crippen molar-refractivity contribution in [2.75, 3.05) is 0 Å². The molecule has 138 valence electrons. The molecular weight excluding hydrogens is 406 g/mol. The molecule has 4 saturated carbocycles. The highest BCUT2D eigenvalue weighted by Crippen LogP contribution is 2.64. The fourth-order valence-corrected chi connectivity index (χ4v) is 6.60. The van der Waals surface area contributed by atoms with Crippen molar-refractivity contribution < 1.29 is 4.42 Å². The van der Waals surface area contributed by atoms with Crippen molar-refractivity contribution in [1.29, 1.82) is 0 Å². The van der Waals surface area contributed by atoms with E-state index in [4.69, 9.17) is 4.42 Å². The minimum Gasteiger partial charge on any atom is -0.420 e. The van der Waals surface area contributed by atoms with Gasteiger partial charge in [0.25, 0.3) is 0 Å². The molecule has 4 aliphatic carbocycles. The van der Waals surface area contributed by atoms with E-state index in [1.165, 1.54) is 19.3 Å². The summed E-state index contributed by atoms with van der Waals surface area (Å²) in [5, 5.41) is 13.6. The van der Waals surface area contributed by atoms with Crippen LogP contribution in [0, 0.1) is 11.8 Å². The first kappa shape index (κ1) is 16.0. The average Bonchev–Trinajstić information content (AvgIpc) is 3.31. The van der Waals surface area contributed by atoms with Crippen LogP contribution in [0.4, 0.5) is 0 Å². The third-order valence-corrected chi connectivity index (χ3v) is 7.24. The number of aromatic nitrogens is 5. The van der Waals surface area contributed by atoms with Gasteiger partial charge in [-0.15, -0.1) is 15.3 Å². The topological polar surface area (TPSA) is 69.6 Å². The van der Waals surface area contributed by atoms with Gasteiger partial charge in [0.2, 0.25) is 16.5 Å². The highest BCUT2D eigenvalue weighted by atomic mass is 79.9. The molecule has 0 saturated heterocycles. The number of rotatable bonds is 3. The fraction of sp³-hybridized carbons (Fsp3) is 0.500. The van der Waals surface area contributed by atoms with Gasteiger partial charge in [0.05, 0.1) is 11.0 Å². The monoisotopic (exact) mass is 425 g/mol. The Morgan fingerprint density at radius 3 is 2.52 bits per heavy atom. The van der Waals surface area contributed by atoms with E-state index in [0.29, 0.717) is 22.5 Å². The van der Waals surface area contributed by atoms with Crippen LogP contribution in [0.1, 0.15) is 44.4 Å². The van der Waals surface area contributed by atoms with E-state index >= 15 is 0 Å². The molecule has 4 aliphatic rings. The number of nitrogens with zero attached hydrogens (tertiary/aromatic N) is 5. The zero-order valence-electron chi connectivity index (χ0n) is 14.9. The minimum atomic E-state index is -0.0253. The predicted octanol–water partition coefficient (Wildman–Crippen LogP) is 4.34. The van der Waals surface area contributed by atoms with Crippen LogP contribution in [0.5, 0.6) is 0 Å². The maximum atomic E-state index is 6.26. The summed E-state index contributed by atoms with van der Waals surface area (Å²) in [5.74, 6) is 2.83. The molecule has 0 spiro atoms. The van der Waals surface area contributed by atoms with Gasteiger partial charge in [0.15, 0.2) is 0 Å². The van der Waals surface area contributed by atoms with Crippen molar-refractivity contribution in [1.82, 2.24) is 25.0 Å². The summed E-state index contributed by atoms with van der Waals surface area (Å²) in [6.07, 6.45) is 8.88. The molecule has 6 nitrogen and oxygen atoms in total. The van der Waals surface area contributed by atoms with Crippen LogP contribution in [0.3, 0.4) is 0 Å². The summed E-state index contributed by atoms with van der Waals surface area (Å²) < 4.78 is 9.04. The van der Waals surface area contributed by atoms with Crippen LogP contribution >= 0.6 is 15.9 Å². The Kier molecular flexibility index (Phi) is 3.26. The molecule has 2 unspecified atom stereocenters. The lowest BCUT2D eigenvalue weighted by molar-refractivity contribution is -0.0773. The Morgan fingerprint density at radius 2 is 1.81 bits per heavy atom. The van der Waals surface area contributed by atoms with Gasteiger partial charge in [-0.1, -0.05) is 18.2 Å². The second-order valence-corrected chi connectivity index (χ2v) is 9.41. The summed E-state index contributed by atoms with van der Waals surface area (Å²) in [5.41, 5.74) is 0.989. The molecule has 0 N–H and O–H groups in total. The summed E-state index contributed by atoms with van der Waals surface area (Å²) in [6, 6.07) is 10.0. The maximum absolute atomic E-state index is 6.26. The van der Waals surface area contributed by atoms with Crippen molar-refractivity contribution in [2.24, 2.45) is 11.8 Å². The van der Waals surface area contributed by atoms with Gasteiger partial charge in [0, 0.05) is 5.56 Å². The van der Waals surface area contributed by atoms with Gasteiger partial charge in [-0.3, -0.25) is 0 Å².